The second kappa shape index (κ2) is 4.88. The first kappa shape index (κ1) is 16.6. The Morgan fingerprint density at radius 2 is 1.82 bits per heavy atom. The van der Waals surface area contributed by atoms with Gasteiger partial charge in [0.15, 0.2) is 19.7 Å². The fourth-order valence-corrected chi connectivity index (χ4v) is 4.03. The standard InChI is InChI=1S/C16H28O5Si/c1-14(2,3)22(6,7)17-10-16-12-9-8-11(19-20-12)13(16)18-15(4,5)21-16/h8-9,11-13H,10H2,1-7H3/t11-,12+,13+,16-/m0/s1. The van der Waals surface area contributed by atoms with Crippen molar-refractivity contribution in [2.75, 3.05) is 6.61 Å². The molecule has 0 saturated carbocycles. The van der Waals surface area contributed by atoms with Crippen molar-refractivity contribution in [3.05, 3.63) is 12.2 Å². The summed E-state index contributed by atoms with van der Waals surface area (Å²) in [6.07, 6.45) is 3.26. The van der Waals surface area contributed by atoms with Gasteiger partial charge in [0.2, 0.25) is 0 Å². The molecule has 2 bridgehead atoms. The van der Waals surface area contributed by atoms with Crippen LogP contribution < -0.4 is 0 Å². The van der Waals surface area contributed by atoms with Crippen molar-refractivity contribution in [1.82, 2.24) is 0 Å². The molecule has 6 heteroatoms. The molecule has 0 N–H and O–H groups in total. The van der Waals surface area contributed by atoms with Crippen molar-refractivity contribution in [2.24, 2.45) is 0 Å². The molecule has 0 radical (unpaired) electrons. The Bertz CT molecular complexity index is 481. The van der Waals surface area contributed by atoms with Gasteiger partial charge in [-0.05, 0) is 32.0 Å². The molecule has 0 aromatic rings. The van der Waals surface area contributed by atoms with E-state index in [0.717, 1.165) is 0 Å². The molecule has 0 amide bonds. The predicted molar refractivity (Wildman–Crippen MR) is 84.8 cm³/mol. The minimum Gasteiger partial charge on any atom is -0.414 e. The van der Waals surface area contributed by atoms with Gasteiger partial charge < -0.3 is 13.9 Å². The van der Waals surface area contributed by atoms with E-state index in [4.69, 9.17) is 23.7 Å². The third-order valence-corrected chi connectivity index (χ3v) is 9.80. The summed E-state index contributed by atoms with van der Waals surface area (Å²) in [6, 6.07) is 0. The molecule has 0 unspecified atom stereocenters. The van der Waals surface area contributed by atoms with Crippen molar-refractivity contribution >= 4 is 8.32 Å². The molecule has 0 spiro atoms. The highest BCUT2D eigenvalue weighted by molar-refractivity contribution is 6.74. The van der Waals surface area contributed by atoms with E-state index in [1.807, 2.05) is 26.0 Å². The van der Waals surface area contributed by atoms with Gasteiger partial charge >= 0.3 is 0 Å². The second-order valence-corrected chi connectivity index (χ2v) is 13.3. The summed E-state index contributed by atoms with van der Waals surface area (Å²) in [5.41, 5.74) is -0.628. The highest BCUT2D eigenvalue weighted by atomic mass is 28.4. The first-order valence-corrected chi connectivity index (χ1v) is 10.9. The molecular weight excluding hydrogens is 300 g/mol. The first-order valence-electron chi connectivity index (χ1n) is 7.99. The van der Waals surface area contributed by atoms with E-state index in [0.29, 0.717) is 6.61 Å². The summed E-state index contributed by atoms with van der Waals surface area (Å²) in [5.74, 6) is -0.666. The van der Waals surface area contributed by atoms with Crippen LogP contribution in [-0.2, 0) is 23.7 Å². The van der Waals surface area contributed by atoms with E-state index < -0.39 is 19.7 Å². The minimum atomic E-state index is -1.88. The Morgan fingerprint density at radius 1 is 1.14 bits per heavy atom. The van der Waals surface area contributed by atoms with Crippen LogP contribution >= 0.6 is 0 Å². The lowest BCUT2D eigenvalue weighted by Gasteiger charge is -2.48. The lowest BCUT2D eigenvalue weighted by Crippen LogP contribution is -2.65. The molecule has 0 aromatic carbocycles. The fourth-order valence-electron chi connectivity index (χ4n) is 3.01. The third kappa shape index (κ3) is 2.50. The van der Waals surface area contributed by atoms with Gasteiger partial charge in [-0.3, -0.25) is 0 Å². The Kier molecular flexibility index (Phi) is 3.68. The van der Waals surface area contributed by atoms with E-state index >= 15 is 0 Å². The Balaban J connectivity index is 1.85. The van der Waals surface area contributed by atoms with Crippen LogP contribution in [0.4, 0.5) is 0 Å². The average molecular weight is 328 g/mol. The Labute approximate surface area is 134 Å². The number of rotatable bonds is 3. The zero-order valence-corrected chi connectivity index (χ0v) is 15.6. The van der Waals surface area contributed by atoms with Gasteiger partial charge in [-0.25, -0.2) is 9.78 Å². The maximum absolute atomic E-state index is 6.45. The van der Waals surface area contributed by atoms with E-state index in [9.17, 15) is 0 Å². The van der Waals surface area contributed by atoms with Crippen LogP contribution in [0.5, 0.6) is 0 Å². The molecule has 0 aromatic heterocycles. The zero-order chi connectivity index (χ0) is 16.4. The monoisotopic (exact) mass is 328 g/mol. The highest BCUT2D eigenvalue weighted by Gasteiger charge is 2.65. The molecule has 3 heterocycles. The van der Waals surface area contributed by atoms with Crippen LogP contribution in [-0.4, -0.2) is 44.6 Å². The van der Waals surface area contributed by atoms with Crippen molar-refractivity contribution in [3.63, 3.8) is 0 Å². The normalized spacial score (nSPS) is 40.0. The van der Waals surface area contributed by atoms with Crippen LogP contribution in [0.15, 0.2) is 12.2 Å². The third-order valence-electron chi connectivity index (χ3n) is 5.32. The average Bonchev–Trinajstić information content (AvgIpc) is 2.70. The molecule has 5 nitrogen and oxygen atoms in total. The minimum absolute atomic E-state index is 0.148. The van der Waals surface area contributed by atoms with E-state index in [1.54, 1.807) is 0 Å². The van der Waals surface area contributed by atoms with Crippen LogP contribution in [0.2, 0.25) is 18.1 Å². The van der Waals surface area contributed by atoms with Crippen LogP contribution in [0.25, 0.3) is 0 Å². The molecule has 1 aliphatic carbocycles. The van der Waals surface area contributed by atoms with Crippen LogP contribution in [0.1, 0.15) is 34.6 Å². The molecule has 4 aliphatic rings. The van der Waals surface area contributed by atoms with Crippen molar-refractivity contribution in [2.45, 2.75) is 82.5 Å². The summed E-state index contributed by atoms with van der Waals surface area (Å²) >= 11 is 0. The van der Waals surface area contributed by atoms with Crippen molar-refractivity contribution in [1.29, 1.82) is 0 Å². The molecule has 2 saturated heterocycles. The van der Waals surface area contributed by atoms with Gasteiger partial charge in [0, 0.05) is 0 Å². The largest absolute Gasteiger partial charge is 0.414 e. The second-order valence-electron chi connectivity index (χ2n) is 8.51. The van der Waals surface area contributed by atoms with Gasteiger partial charge in [0.25, 0.3) is 0 Å². The van der Waals surface area contributed by atoms with E-state index in [-0.39, 0.29) is 23.4 Å². The van der Waals surface area contributed by atoms with Gasteiger partial charge in [0.05, 0.1) is 6.61 Å². The number of ether oxygens (including phenoxy) is 2. The number of fused-ring (bicyclic) bond motifs is 1. The molecular formula is C16H28O5Si. The van der Waals surface area contributed by atoms with E-state index in [1.165, 1.54) is 0 Å². The predicted octanol–water partition coefficient (Wildman–Crippen LogP) is 3.17. The van der Waals surface area contributed by atoms with Gasteiger partial charge in [0.1, 0.15) is 18.3 Å². The summed E-state index contributed by atoms with van der Waals surface area (Å²) in [6.45, 7) is 15.5. The molecule has 4 atom stereocenters. The lowest BCUT2D eigenvalue weighted by atomic mass is 9.82. The van der Waals surface area contributed by atoms with Gasteiger partial charge in [-0.1, -0.05) is 32.9 Å². The molecule has 3 aliphatic heterocycles. The summed E-state index contributed by atoms with van der Waals surface area (Å²) in [5, 5.41) is 0.148. The quantitative estimate of drug-likeness (QED) is 0.452. The maximum Gasteiger partial charge on any atom is 0.192 e. The first-order chi connectivity index (χ1) is 9.97. The van der Waals surface area contributed by atoms with Crippen molar-refractivity contribution < 1.29 is 23.7 Å². The SMILES string of the molecule is CC1(C)O[C@@H]2[C@@H]3C=C[C@@H](OO3)[C@]2(CO[Si](C)(C)C(C)(C)C)O1. The zero-order valence-electron chi connectivity index (χ0n) is 14.6. The lowest BCUT2D eigenvalue weighted by molar-refractivity contribution is -0.408. The summed E-state index contributed by atoms with van der Waals surface area (Å²) in [7, 11) is -1.88. The molecule has 126 valence electrons. The van der Waals surface area contributed by atoms with E-state index in [2.05, 4.69) is 33.9 Å². The van der Waals surface area contributed by atoms with Crippen LogP contribution in [0.3, 0.4) is 0 Å². The number of hydrogen-bond acceptors (Lipinski definition) is 5. The number of hydrogen-bond donors (Lipinski definition) is 0. The maximum atomic E-state index is 6.45. The Morgan fingerprint density at radius 3 is 2.36 bits per heavy atom. The van der Waals surface area contributed by atoms with Crippen LogP contribution in [0, 0.1) is 0 Å². The Hall–Kier alpha value is -0.243. The van der Waals surface area contributed by atoms with Gasteiger partial charge in [-0.15, -0.1) is 0 Å². The smallest absolute Gasteiger partial charge is 0.192 e. The topological polar surface area (TPSA) is 46.2 Å². The molecule has 4 rings (SSSR count). The summed E-state index contributed by atoms with van der Waals surface area (Å²) < 4.78 is 18.8. The fraction of sp³-hybridized carbons (Fsp3) is 0.875. The highest BCUT2D eigenvalue weighted by Crippen LogP contribution is 2.49. The van der Waals surface area contributed by atoms with Crippen molar-refractivity contribution in [3.8, 4) is 0 Å². The summed E-state index contributed by atoms with van der Waals surface area (Å²) in [4.78, 5) is 10.9. The molecule has 22 heavy (non-hydrogen) atoms. The van der Waals surface area contributed by atoms with Gasteiger partial charge in [-0.2, -0.15) is 0 Å². The molecule has 2 fully saturated rings.